The van der Waals surface area contributed by atoms with Gasteiger partial charge in [0.25, 0.3) is 0 Å². The highest BCUT2D eigenvalue weighted by atomic mass is 16.3. The van der Waals surface area contributed by atoms with E-state index in [1.807, 2.05) is 30.3 Å². The largest absolute Gasteiger partial charge is 0.508 e. The van der Waals surface area contributed by atoms with E-state index >= 15 is 0 Å². The Balaban J connectivity index is 1.93. The minimum atomic E-state index is -1.09. The average Bonchev–Trinajstić information content (AvgIpc) is 2.91. The molecule has 0 aliphatic heterocycles. The highest BCUT2D eigenvalue weighted by molar-refractivity contribution is 5.93. The second-order valence-corrected chi connectivity index (χ2v) is 8.48. The monoisotopic (exact) mass is 517 g/mol. The Kier molecular flexibility index (Phi) is 10.3. The summed E-state index contributed by atoms with van der Waals surface area (Å²) >= 11 is 0. The van der Waals surface area contributed by atoms with Gasteiger partial charge in [-0.25, -0.2) is 0 Å². The van der Waals surface area contributed by atoms with Crippen molar-refractivity contribution in [1.82, 2.24) is 20.9 Å². The predicted molar refractivity (Wildman–Crippen MR) is 137 cm³/mol. The van der Waals surface area contributed by atoms with Gasteiger partial charge in [-0.1, -0.05) is 42.5 Å². The molecule has 0 spiro atoms. The molecule has 2 aromatic carbocycles. The number of hydrogen-bond donors (Lipinski definition) is 6. The number of carbonyl (C=O) groups is 4. The molecular weight excluding hydrogens is 478 g/mol. The number of nitrogens with two attached hydrogens (primary N) is 1. The van der Waals surface area contributed by atoms with E-state index in [9.17, 15) is 24.3 Å². The number of aliphatic hydroxyl groups is 1. The first kappa shape index (κ1) is 26.1. The summed E-state index contributed by atoms with van der Waals surface area (Å²) < 4.78 is 15.3. The lowest BCUT2D eigenvalue weighted by Crippen LogP contribution is -2.54. The number of aromatic hydroxyl groups is 1. The smallest absolute Gasteiger partial charge is 0.243 e. The van der Waals surface area contributed by atoms with Crippen molar-refractivity contribution < 1.29 is 32.1 Å². The molecule has 11 nitrogen and oxygen atoms in total. The van der Waals surface area contributed by atoms with Crippen molar-refractivity contribution in [2.24, 2.45) is 5.73 Å². The Morgan fingerprint density at radius 3 is 2.22 bits per heavy atom. The fraction of sp³-hybridized carbons (Fsp3) is 0.385. The molecule has 37 heavy (non-hydrogen) atoms. The van der Waals surface area contributed by atoms with Crippen molar-refractivity contribution in [1.29, 1.82) is 0 Å². The average molecular weight is 518 g/mol. The van der Waals surface area contributed by atoms with Crippen LogP contribution < -0.4 is 21.7 Å². The molecular formula is C26H35N5O6. The van der Waals surface area contributed by atoms with Gasteiger partial charge < -0.3 is 36.8 Å². The van der Waals surface area contributed by atoms with Crippen molar-refractivity contribution >= 4 is 23.6 Å². The molecule has 200 valence electrons. The van der Waals surface area contributed by atoms with E-state index in [-0.39, 0.29) is 38.1 Å². The van der Waals surface area contributed by atoms with Gasteiger partial charge in [0.15, 0.2) is 0 Å². The lowest BCUT2D eigenvalue weighted by Gasteiger charge is -2.28. The summed E-state index contributed by atoms with van der Waals surface area (Å²) in [6.07, 6.45) is 0.200. The van der Waals surface area contributed by atoms with E-state index in [0.29, 0.717) is 5.56 Å². The molecule has 0 unspecified atom stereocenters. The first-order chi connectivity index (χ1) is 18.4. The number of nitrogens with zero attached hydrogens (tertiary/aromatic N) is 1. The molecule has 0 aliphatic carbocycles. The molecule has 0 saturated heterocycles. The number of nitrogens with one attached hydrogen (secondary N) is 3. The molecule has 0 heterocycles. The van der Waals surface area contributed by atoms with Gasteiger partial charge in [0.2, 0.25) is 23.6 Å². The van der Waals surface area contributed by atoms with Crippen LogP contribution in [0, 0.1) is 0 Å². The van der Waals surface area contributed by atoms with E-state index in [1.54, 1.807) is 0 Å². The molecule has 0 radical (unpaired) electrons. The van der Waals surface area contributed by atoms with Gasteiger partial charge in [-0.05, 0) is 36.6 Å². The fourth-order valence-corrected chi connectivity index (χ4v) is 3.41. The summed E-state index contributed by atoms with van der Waals surface area (Å²) in [5.74, 6) is -2.76. The maximum atomic E-state index is 12.8. The zero-order chi connectivity index (χ0) is 29.1. The van der Waals surface area contributed by atoms with Gasteiger partial charge >= 0.3 is 0 Å². The Labute approximate surface area is 218 Å². The van der Waals surface area contributed by atoms with Crippen molar-refractivity contribution in [2.45, 2.75) is 37.9 Å². The Bertz CT molecular complexity index is 1140. The Morgan fingerprint density at radius 2 is 1.59 bits per heavy atom. The summed E-state index contributed by atoms with van der Waals surface area (Å²) in [6, 6.07) is 8.16. The maximum Gasteiger partial charge on any atom is 0.243 e. The second kappa shape index (κ2) is 14.6. The fourth-order valence-electron chi connectivity index (χ4n) is 3.41. The zero-order valence-corrected chi connectivity index (χ0v) is 20.9. The normalized spacial score (nSPS) is 13.8. The molecule has 7 N–H and O–H groups in total. The van der Waals surface area contributed by atoms with E-state index in [0.717, 1.165) is 5.56 Å². The lowest BCUT2D eigenvalue weighted by molar-refractivity contribution is -0.139. The number of carbonyl (C=O) groups excluding carboxylic acids is 4. The van der Waals surface area contributed by atoms with Gasteiger partial charge in [-0.2, -0.15) is 0 Å². The SMILES string of the molecule is [3H]c1cc(C[C@H](N)C(=O)N[C@H](C)C(=O)NCC(=O)N(C)[C@@H](Cc2ccccc2)C(=O)NCCO)cc([3H])c1O. The first-order valence-corrected chi connectivity index (χ1v) is 11.8. The number of benzene rings is 2. The van der Waals surface area contributed by atoms with E-state index < -0.39 is 54.0 Å². The number of likely N-dealkylation sites (N-methyl/N-ethyl adjacent to an activating group) is 1. The second-order valence-electron chi connectivity index (χ2n) is 8.48. The number of aliphatic hydroxyl groups excluding tert-OH is 1. The molecule has 0 aliphatic rings. The van der Waals surface area contributed by atoms with Crippen molar-refractivity contribution in [3.63, 3.8) is 0 Å². The summed E-state index contributed by atoms with van der Waals surface area (Å²) in [7, 11) is 1.44. The standard InChI is InChI=1S/C26H35N5O6/c1-17(30-25(36)21(27)14-19-8-10-20(33)11-9-19)24(35)29-16-23(34)31(2)22(26(37)28-12-13-32)15-18-6-4-3-5-7-18/h3-11,17,21-22,32-33H,12-16,27H2,1-2H3,(H,28,37)(H,29,35)(H,30,36)/t17-,21+,22+/m1/s1/i10T,11T. The molecule has 2 aromatic rings. The zero-order valence-electron chi connectivity index (χ0n) is 22.9. The molecule has 11 heteroatoms. The van der Waals surface area contributed by atoms with E-state index in [2.05, 4.69) is 16.0 Å². The molecule has 3 atom stereocenters. The van der Waals surface area contributed by atoms with Crippen LogP contribution in [0.15, 0.2) is 54.5 Å². The van der Waals surface area contributed by atoms with Crippen LogP contribution in [0.2, 0.25) is 0 Å². The van der Waals surface area contributed by atoms with E-state index in [4.69, 9.17) is 13.6 Å². The molecule has 0 fully saturated rings. The molecule has 0 bridgehead atoms. The third-order valence-corrected chi connectivity index (χ3v) is 5.59. The lowest BCUT2D eigenvalue weighted by atomic mass is 10.0. The number of rotatable bonds is 13. The van der Waals surface area contributed by atoms with Crippen LogP contribution in [0.3, 0.4) is 0 Å². The van der Waals surface area contributed by atoms with Gasteiger partial charge in [0.05, 0.1) is 21.9 Å². The minimum Gasteiger partial charge on any atom is -0.508 e. The van der Waals surface area contributed by atoms with Crippen LogP contribution in [0.5, 0.6) is 5.75 Å². The Hall–Kier alpha value is -3.96. The third kappa shape index (κ3) is 9.54. The van der Waals surface area contributed by atoms with Crippen LogP contribution >= 0.6 is 0 Å². The maximum absolute atomic E-state index is 12.8. The minimum absolute atomic E-state index is 0.0252. The van der Waals surface area contributed by atoms with Gasteiger partial charge in [-0.3, -0.25) is 19.2 Å². The molecule has 4 amide bonds. The van der Waals surface area contributed by atoms with Crippen LogP contribution in [-0.2, 0) is 32.0 Å². The van der Waals surface area contributed by atoms with Crippen LogP contribution in [0.1, 0.15) is 20.8 Å². The first-order valence-electron chi connectivity index (χ1n) is 12.8. The number of phenolic OH excluding ortho intramolecular Hbond substituents is 1. The topological polar surface area (TPSA) is 174 Å². The van der Waals surface area contributed by atoms with Crippen LogP contribution in [0.25, 0.3) is 0 Å². The number of phenols is 1. The summed E-state index contributed by atoms with van der Waals surface area (Å²) in [6.45, 7) is 0.769. The van der Waals surface area contributed by atoms with Crippen molar-refractivity contribution in [3.05, 3.63) is 65.7 Å². The van der Waals surface area contributed by atoms with Gasteiger partial charge in [-0.15, -0.1) is 0 Å². The van der Waals surface area contributed by atoms with Gasteiger partial charge in [0, 0.05) is 20.0 Å². The molecule has 2 rings (SSSR count). The quantitative estimate of drug-likeness (QED) is 0.199. The predicted octanol–water partition coefficient (Wildman–Crippen LogP) is -0.939. The van der Waals surface area contributed by atoms with Gasteiger partial charge in [0.1, 0.15) is 17.8 Å². The summed E-state index contributed by atoms with van der Waals surface area (Å²) in [5.41, 5.74) is 7.14. The third-order valence-electron chi connectivity index (χ3n) is 5.59. The van der Waals surface area contributed by atoms with Crippen molar-refractivity contribution in [3.8, 4) is 5.75 Å². The number of amides is 4. The van der Waals surface area contributed by atoms with Crippen LogP contribution in [-0.4, -0.2) is 83.6 Å². The van der Waals surface area contributed by atoms with Crippen molar-refractivity contribution in [2.75, 3.05) is 26.7 Å². The highest BCUT2D eigenvalue weighted by Gasteiger charge is 2.28. The number of hydrogen-bond acceptors (Lipinski definition) is 7. The summed E-state index contributed by atoms with van der Waals surface area (Å²) in [5, 5.41) is 26.0. The van der Waals surface area contributed by atoms with E-state index in [1.165, 1.54) is 31.0 Å². The molecule has 0 saturated carbocycles. The van der Waals surface area contributed by atoms with Crippen LogP contribution in [0.4, 0.5) is 0 Å². The summed E-state index contributed by atoms with van der Waals surface area (Å²) in [4.78, 5) is 51.7. The molecule has 0 aromatic heterocycles. The Morgan fingerprint density at radius 1 is 0.973 bits per heavy atom. The highest BCUT2D eigenvalue weighted by Crippen LogP contribution is 2.11.